The number of hydrogen-bond donors (Lipinski definition) is 0. The topological polar surface area (TPSA) is 26.3 Å². The average Bonchev–Trinajstić information content (AvgIpc) is 2.55. The summed E-state index contributed by atoms with van der Waals surface area (Å²) >= 11 is 0. The fourth-order valence-electron chi connectivity index (χ4n) is 3.37. The Morgan fingerprint density at radius 2 is 1.65 bits per heavy atom. The van der Waals surface area contributed by atoms with Gasteiger partial charge in [-0.2, -0.15) is 0 Å². The molecule has 0 aromatic heterocycles. The van der Waals surface area contributed by atoms with Crippen LogP contribution in [0.1, 0.15) is 75.2 Å². The van der Waals surface area contributed by atoms with E-state index in [4.69, 9.17) is 4.43 Å². The van der Waals surface area contributed by atoms with Crippen molar-refractivity contribution in [1.82, 2.24) is 0 Å². The van der Waals surface area contributed by atoms with Gasteiger partial charge in [-0.1, -0.05) is 74.6 Å². The Morgan fingerprint density at radius 1 is 1.13 bits per heavy atom. The molecule has 0 aromatic rings. The van der Waals surface area contributed by atoms with E-state index >= 15 is 0 Å². The zero-order valence-corrected chi connectivity index (χ0v) is 24.7. The van der Waals surface area contributed by atoms with Crippen LogP contribution >= 0.6 is 0 Å². The number of allylic oxidation sites excluding steroid dienone is 3. The molecule has 0 saturated carbocycles. The molecule has 0 saturated heterocycles. The highest BCUT2D eigenvalue weighted by Crippen LogP contribution is 2.52. The zero-order valence-electron chi connectivity index (χ0n) is 22.7. The van der Waals surface area contributed by atoms with Crippen molar-refractivity contribution in [2.75, 3.05) is 0 Å². The van der Waals surface area contributed by atoms with Gasteiger partial charge in [0, 0.05) is 0 Å². The molecule has 0 N–H and O–H groups in total. The third kappa shape index (κ3) is 6.05. The van der Waals surface area contributed by atoms with Crippen LogP contribution in [0.5, 0.6) is 0 Å². The molecular formula is C27H48O2Si2. The highest BCUT2D eigenvalue weighted by atomic mass is 28.4. The molecule has 1 aliphatic carbocycles. The molecule has 0 radical (unpaired) electrons. The summed E-state index contributed by atoms with van der Waals surface area (Å²) in [5.74, 6) is 4.31. The van der Waals surface area contributed by atoms with Gasteiger partial charge in [0.15, 0.2) is 0 Å². The van der Waals surface area contributed by atoms with Crippen molar-refractivity contribution in [1.29, 1.82) is 0 Å². The second-order valence-corrected chi connectivity index (χ2v) is 23.1. The van der Waals surface area contributed by atoms with Crippen LogP contribution in [-0.4, -0.2) is 22.2 Å². The number of Topliss-reactive ketones (excluding diaryl/α,β-unsaturated/α-hetero) is 1. The van der Waals surface area contributed by atoms with Crippen LogP contribution in [0.2, 0.25) is 36.3 Å². The molecule has 4 heteroatoms. The summed E-state index contributed by atoms with van der Waals surface area (Å²) in [5.41, 5.74) is 2.68. The van der Waals surface area contributed by atoms with E-state index in [1.165, 1.54) is 0 Å². The molecule has 0 aromatic carbocycles. The lowest BCUT2D eigenvalue weighted by Gasteiger charge is -2.48. The van der Waals surface area contributed by atoms with Crippen LogP contribution in [0.25, 0.3) is 0 Å². The minimum absolute atomic E-state index is 0.00634. The fraction of sp³-hybridized carbons (Fsp3) is 0.741. The average molecular weight is 461 g/mol. The van der Waals surface area contributed by atoms with Crippen LogP contribution in [0.15, 0.2) is 24.5 Å². The number of rotatable bonds is 5. The molecule has 0 unspecified atom stereocenters. The summed E-state index contributed by atoms with van der Waals surface area (Å²) in [7, 11) is -3.97. The molecule has 0 bridgehead atoms. The fourth-order valence-corrected chi connectivity index (χ4v) is 5.31. The molecule has 0 spiro atoms. The summed E-state index contributed by atoms with van der Waals surface area (Å²) in [5, 5.41) is 0.185. The Kier molecular flexibility index (Phi) is 7.86. The van der Waals surface area contributed by atoms with Crippen LogP contribution in [0, 0.1) is 28.2 Å². The third-order valence-electron chi connectivity index (χ3n) is 8.24. The van der Waals surface area contributed by atoms with E-state index in [-0.39, 0.29) is 21.3 Å². The highest BCUT2D eigenvalue weighted by molar-refractivity contribution is 6.87. The van der Waals surface area contributed by atoms with Crippen molar-refractivity contribution in [2.45, 2.75) is 111 Å². The van der Waals surface area contributed by atoms with Crippen molar-refractivity contribution in [2.24, 2.45) is 16.7 Å². The van der Waals surface area contributed by atoms with Gasteiger partial charge in [0.25, 0.3) is 0 Å². The van der Waals surface area contributed by atoms with Crippen LogP contribution < -0.4 is 0 Å². The molecule has 1 rings (SSSR count). The van der Waals surface area contributed by atoms with Crippen LogP contribution in [-0.2, 0) is 9.22 Å². The van der Waals surface area contributed by atoms with Crippen molar-refractivity contribution in [3.63, 3.8) is 0 Å². The summed E-state index contributed by atoms with van der Waals surface area (Å²) in [6.07, 6.45) is 5.84. The Labute approximate surface area is 195 Å². The second kappa shape index (κ2) is 8.71. The van der Waals surface area contributed by atoms with Crippen LogP contribution in [0.3, 0.4) is 0 Å². The lowest BCUT2D eigenvalue weighted by Crippen LogP contribution is -2.47. The van der Waals surface area contributed by atoms with Crippen molar-refractivity contribution >= 4 is 22.2 Å². The van der Waals surface area contributed by atoms with Gasteiger partial charge in [0.05, 0.1) is 11.2 Å². The lowest BCUT2D eigenvalue weighted by molar-refractivity contribution is -0.123. The monoisotopic (exact) mass is 460 g/mol. The summed E-state index contributed by atoms with van der Waals surface area (Å²) in [6.45, 7) is 33.0. The van der Waals surface area contributed by atoms with Gasteiger partial charge in [0.2, 0.25) is 14.1 Å². The largest absolute Gasteiger partial charge is 0.546 e. The van der Waals surface area contributed by atoms with Crippen LogP contribution in [0.4, 0.5) is 0 Å². The van der Waals surface area contributed by atoms with E-state index in [0.717, 1.165) is 18.6 Å². The predicted molar refractivity (Wildman–Crippen MR) is 141 cm³/mol. The Bertz CT molecular complexity index is 792. The van der Waals surface area contributed by atoms with Gasteiger partial charge < -0.3 is 4.43 Å². The first-order chi connectivity index (χ1) is 13.6. The van der Waals surface area contributed by atoms with Gasteiger partial charge in [-0.05, 0) is 66.3 Å². The molecule has 2 atom stereocenters. The van der Waals surface area contributed by atoms with Crippen molar-refractivity contribution < 1.29 is 9.22 Å². The quantitative estimate of drug-likeness (QED) is 0.235. The van der Waals surface area contributed by atoms with E-state index in [0.29, 0.717) is 5.92 Å². The Hall–Kier alpha value is -1.06. The number of carbonyl (C=O) groups is 1. The van der Waals surface area contributed by atoms with E-state index in [9.17, 15) is 4.79 Å². The van der Waals surface area contributed by atoms with Gasteiger partial charge in [0.1, 0.15) is 8.07 Å². The van der Waals surface area contributed by atoms with E-state index in [2.05, 4.69) is 113 Å². The minimum Gasteiger partial charge on any atom is -0.546 e. The van der Waals surface area contributed by atoms with Crippen molar-refractivity contribution in [3.05, 3.63) is 24.5 Å². The summed E-state index contributed by atoms with van der Waals surface area (Å²) in [6, 6.07) is 0. The van der Waals surface area contributed by atoms with E-state index in [1.807, 2.05) is 6.08 Å². The van der Waals surface area contributed by atoms with Gasteiger partial charge >= 0.3 is 0 Å². The molecule has 0 aliphatic heterocycles. The number of ketones is 1. The number of carbonyl (C=O) groups excluding carboxylic acids is 1. The van der Waals surface area contributed by atoms with E-state index in [1.54, 1.807) is 0 Å². The maximum Gasteiger partial charge on any atom is 0.250 e. The second-order valence-electron chi connectivity index (χ2n) is 13.4. The molecule has 0 fully saturated rings. The maximum absolute atomic E-state index is 13.7. The lowest BCUT2D eigenvalue weighted by atomic mass is 9.61. The standard InChI is InChI=1S/C27H48O2Si2/c1-15-16-21-19-27(10,22(28)17-18-30(11,12)24(2,3)4)23(20-26(21,8)9)29-31(13,14)25(5,6)7/h15,20-21H,1,16,19H2,2-14H3/t21-,27+/m1/s1. The first kappa shape index (κ1) is 28.0. The van der Waals surface area contributed by atoms with Gasteiger partial charge in [-0.3, -0.25) is 4.79 Å². The molecule has 176 valence electrons. The summed E-state index contributed by atoms with van der Waals surface area (Å²) < 4.78 is 6.84. The molecule has 0 heterocycles. The van der Waals surface area contributed by atoms with Gasteiger partial charge in [-0.15, -0.1) is 12.1 Å². The highest BCUT2D eigenvalue weighted by Gasteiger charge is 2.51. The SMILES string of the molecule is C=CC[C@@H]1C[C@@](C)(C(=O)C#C[Si](C)(C)C(C)(C)C)C(O[Si](C)(C)C(C)(C)C)=CC1(C)C. The normalized spacial score (nSPS) is 24.5. The summed E-state index contributed by atoms with van der Waals surface area (Å²) in [4.78, 5) is 13.7. The van der Waals surface area contributed by atoms with E-state index < -0.39 is 21.8 Å². The molecule has 31 heavy (non-hydrogen) atoms. The number of hydrogen-bond acceptors (Lipinski definition) is 2. The van der Waals surface area contributed by atoms with Gasteiger partial charge in [-0.25, -0.2) is 0 Å². The predicted octanol–water partition coefficient (Wildman–Crippen LogP) is 8.14. The Morgan fingerprint density at radius 3 is 2.06 bits per heavy atom. The molecule has 1 aliphatic rings. The molecule has 2 nitrogen and oxygen atoms in total. The maximum atomic E-state index is 13.7. The molecule has 0 amide bonds. The van der Waals surface area contributed by atoms with Crippen molar-refractivity contribution in [3.8, 4) is 11.5 Å². The Balaban J connectivity index is 3.56. The first-order valence-electron chi connectivity index (χ1n) is 11.7. The third-order valence-corrected chi connectivity index (χ3v) is 17.1. The minimum atomic E-state index is -2.10. The zero-order chi connectivity index (χ0) is 24.7. The molecular weight excluding hydrogens is 412 g/mol. The first-order valence-corrected chi connectivity index (χ1v) is 17.6. The smallest absolute Gasteiger partial charge is 0.250 e.